The number of aliphatic hydroxyl groups is 1. The van der Waals surface area contributed by atoms with Crippen molar-refractivity contribution in [3.8, 4) is 0 Å². The summed E-state index contributed by atoms with van der Waals surface area (Å²) < 4.78 is 4.92. The van der Waals surface area contributed by atoms with E-state index in [0.29, 0.717) is 19.7 Å². The Bertz CT molecular complexity index is 161. The average Bonchev–Trinajstić information content (AvgIpc) is 2.21. The number of amides is 1. The minimum Gasteiger partial charge on any atom is -0.395 e. The van der Waals surface area contributed by atoms with E-state index >= 15 is 0 Å². The second-order valence-electron chi connectivity index (χ2n) is 3.32. The van der Waals surface area contributed by atoms with Crippen molar-refractivity contribution in [3.63, 3.8) is 0 Å². The highest BCUT2D eigenvalue weighted by atomic mass is 16.5. The van der Waals surface area contributed by atoms with Crippen molar-refractivity contribution in [2.45, 2.75) is 20.3 Å². The molecular weight excluding hydrogens is 182 g/mol. The zero-order chi connectivity index (χ0) is 11.0. The average molecular weight is 203 g/mol. The predicted octanol–water partition coefficient (Wildman–Crippen LogP) is 0.500. The van der Waals surface area contributed by atoms with Crippen LogP contribution in [0.1, 0.15) is 20.3 Å². The van der Waals surface area contributed by atoms with Crippen LogP contribution in [0.15, 0.2) is 0 Å². The van der Waals surface area contributed by atoms with Crippen molar-refractivity contribution >= 4 is 5.91 Å². The minimum absolute atomic E-state index is 0.0244. The lowest BCUT2D eigenvalue weighted by Crippen LogP contribution is -2.37. The van der Waals surface area contributed by atoms with Gasteiger partial charge in [-0.2, -0.15) is 0 Å². The molecule has 14 heavy (non-hydrogen) atoms. The van der Waals surface area contributed by atoms with Gasteiger partial charge in [0.1, 0.15) is 0 Å². The van der Waals surface area contributed by atoms with Gasteiger partial charge in [0.05, 0.1) is 6.61 Å². The number of carbonyl (C=O) groups is 1. The predicted molar refractivity (Wildman–Crippen MR) is 55.0 cm³/mol. The summed E-state index contributed by atoms with van der Waals surface area (Å²) in [7, 11) is 1.63. The van der Waals surface area contributed by atoms with E-state index in [-0.39, 0.29) is 18.4 Å². The molecule has 0 heterocycles. The Kier molecular flexibility index (Phi) is 7.42. The van der Waals surface area contributed by atoms with Gasteiger partial charge < -0.3 is 14.7 Å². The van der Waals surface area contributed by atoms with Gasteiger partial charge in [0.15, 0.2) is 0 Å². The Labute approximate surface area is 85.9 Å². The summed E-state index contributed by atoms with van der Waals surface area (Å²) in [5.41, 5.74) is 0. The van der Waals surface area contributed by atoms with Gasteiger partial charge in [0.25, 0.3) is 0 Å². The zero-order valence-electron chi connectivity index (χ0n) is 9.32. The maximum atomic E-state index is 11.7. The van der Waals surface area contributed by atoms with Crippen LogP contribution in [0.4, 0.5) is 0 Å². The number of nitrogens with zero attached hydrogens (tertiary/aromatic N) is 1. The molecule has 0 saturated heterocycles. The molecule has 4 heteroatoms. The number of ether oxygens (including phenoxy) is 1. The third-order valence-corrected chi connectivity index (χ3v) is 2.24. The van der Waals surface area contributed by atoms with Crippen LogP contribution in [-0.4, -0.2) is 49.3 Å². The van der Waals surface area contributed by atoms with Crippen molar-refractivity contribution in [2.24, 2.45) is 5.92 Å². The second-order valence-corrected chi connectivity index (χ2v) is 3.32. The van der Waals surface area contributed by atoms with Crippen LogP contribution in [0, 0.1) is 5.92 Å². The molecule has 4 nitrogen and oxygen atoms in total. The van der Waals surface area contributed by atoms with Crippen LogP contribution < -0.4 is 0 Å². The number of carbonyl (C=O) groups excluding carboxylic acids is 1. The lowest BCUT2D eigenvalue weighted by Gasteiger charge is -2.23. The molecule has 0 spiro atoms. The fraction of sp³-hybridized carbons (Fsp3) is 0.900. The monoisotopic (exact) mass is 203 g/mol. The van der Waals surface area contributed by atoms with Gasteiger partial charge in [0, 0.05) is 32.7 Å². The molecule has 1 N–H and O–H groups in total. The molecule has 0 aromatic rings. The third kappa shape index (κ3) is 4.58. The zero-order valence-corrected chi connectivity index (χ0v) is 9.32. The summed E-state index contributed by atoms with van der Waals surface area (Å²) >= 11 is 0. The van der Waals surface area contributed by atoms with Gasteiger partial charge >= 0.3 is 0 Å². The van der Waals surface area contributed by atoms with Gasteiger partial charge in [-0.1, -0.05) is 6.92 Å². The molecule has 1 unspecified atom stereocenters. The van der Waals surface area contributed by atoms with Gasteiger partial charge in [0.2, 0.25) is 5.91 Å². The van der Waals surface area contributed by atoms with Gasteiger partial charge in [-0.25, -0.2) is 0 Å². The van der Waals surface area contributed by atoms with E-state index in [0.717, 1.165) is 6.42 Å². The molecule has 0 aromatic heterocycles. The Balaban J connectivity index is 3.99. The lowest BCUT2D eigenvalue weighted by atomic mass is 10.1. The number of methoxy groups -OCH3 is 1. The number of aliphatic hydroxyl groups excluding tert-OH is 1. The van der Waals surface area contributed by atoms with E-state index in [2.05, 4.69) is 0 Å². The molecule has 0 aliphatic rings. The standard InChI is InChI=1S/C10H21NO3/c1-4-11(6-7-12)10(13)9(2)5-8-14-3/h9,12H,4-8H2,1-3H3. The van der Waals surface area contributed by atoms with Crippen molar-refractivity contribution < 1.29 is 14.6 Å². The van der Waals surface area contributed by atoms with Crippen molar-refractivity contribution in [2.75, 3.05) is 33.4 Å². The summed E-state index contributed by atoms with van der Waals surface area (Å²) in [6.45, 7) is 5.50. The highest BCUT2D eigenvalue weighted by Crippen LogP contribution is 2.07. The Hall–Kier alpha value is -0.610. The molecule has 0 rings (SSSR count). The fourth-order valence-corrected chi connectivity index (χ4v) is 1.27. The van der Waals surface area contributed by atoms with Crippen LogP contribution in [0.2, 0.25) is 0 Å². The molecule has 0 bridgehead atoms. The van der Waals surface area contributed by atoms with E-state index in [4.69, 9.17) is 9.84 Å². The van der Waals surface area contributed by atoms with Crippen LogP contribution >= 0.6 is 0 Å². The highest BCUT2D eigenvalue weighted by Gasteiger charge is 2.18. The van der Waals surface area contributed by atoms with Crippen LogP contribution in [0.5, 0.6) is 0 Å². The summed E-state index contributed by atoms with van der Waals surface area (Å²) in [4.78, 5) is 13.4. The van der Waals surface area contributed by atoms with Gasteiger partial charge in [-0.3, -0.25) is 4.79 Å². The molecule has 0 aromatic carbocycles. The summed E-state index contributed by atoms with van der Waals surface area (Å²) in [6, 6.07) is 0. The molecule has 84 valence electrons. The normalized spacial score (nSPS) is 12.6. The summed E-state index contributed by atoms with van der Waals surface area (Å²) in [5.74, 6) is 0.0695. The van der Waals surface area contributed by atoms with Gasteiger partial charge in [-0.15, -0.1) is 0 Å². The number of rotatable bonds is 7. The van der Waals surface area contributed by atoms with Crippen LogP contribution in [0.3, 0.4) is 0 Å². The van der Waals surface area contributed by atoms with Crippen LogP contribution in [-0.2, 0) is 9.53 Å². The van der Waals surface area contributed by atoms with Crippen LogP contribution in [0.25, 0.3) is 0 Å². The summed E-state index contributed by atoms with van der Waals surface area (Å²) in [5, 5.41) is 8.76. The largest absolute Gasteiger partial charge is 0.395 e. The molecule has 0 aliphatic carbocycles. The molecular formula is C10H21NO3. The highest BCUT2D eigenvalue weighted by molar-refractivity contribution is 5.78. The van der Waals surface area contributed by atoms with E-state index in [1.165, 1.54) is 0 Å². The Morgan fingerprint density at radius 3 is 2.64 bits per heavy atom. The van der Waals surface area contributed by atoms with Gasteiger partial charge in [-0.05, 0) is 13.3 Å². The third-order valence-electron chi connectivity index (χ3n) is 2.24. The second kappa shape index (κ2) is 7.76. The smallest absolute Gasteiger partial charge is 0.225 e. The van der Waals surface area contributed by atoms with Crippen molar-refractivity contribution in [3.05, 3.63) is 0 Å². The molecule has 0 aliphatic heterocycles. The fourth-order valence-electron chi connectivity index (χ4n) is 1.27. The minimum atomic E-state index is -0.0264. The van der Waals surface area contributed by atoms with E-state index in [9.17, 15) is 4.79 Å². The molecule has 1 amide bonds. The molecule has 0 saturated carbocycles. The molecule has 1 atom stereocenters. The first-order chi connectivity index (χ1) is 6.67. The Morgan fingerprint density at radius 2 is 2.21 bits per heavy atom. The number of hydrogen-bond acceptors (Lipinski definition) is 3. The van der Waals surface area contributed by atoms with E-state index in [1.54, 1.807) is 12.0 Å². The molecule has 0 fully saturated rings. The Morgan fingerprint density at radius 1 is 1.57 bits per heavy atom. The topological polar surface area (TPSA) is 49.8 Å². The van der Waals surface area contributed by atoms with E-state index in [1.807, 2.05) is 13.8 Å². The SMILES string of the molecule is CCN(CCO)C(=O)C(C)CCOC. The number of likely N-dealkylation sites (N-methyl/N-ethyl adjacent to an activating group) is 1. The lowest BCUT2D eigenvalue weighted by molar-refractivity contribution is -0.135. The first kappa shape index (κ1) is 13.4. The summed E-state index contributed by atoms with van der Waals surface area (Å²) in [6.07, 6.45) is 0.733. The molecule has 0 radical (unpaired) electrons. The maximum Gasteiger partial charge on any atom is 0.225 e. The number of hydrogen-bond donors (Lipinski definition) is 1. The first-order valence-corrected chi connectivity index (χ1v) is 5.05. The first-order valence-electron chi connectivity index (χ1n) is 5.05. The van der Waals surface area contributed by atoms with Crippen molar-refractivity contribution in [1.82, 2.24) is 4.90 Å². The quantitative estimate of drug-likeness (QED) is 0.655. The van der Waals surface area contributed by atoms with E-state index < -0.39 is 0 Å². The maximum absolute atomic E-state index is 11.7. The van der Waals surface area contributed by atoms with Crippen molar-refractivity contribution in [1.29, 1.82) is 0 Å².